The van der Waals surface area contributed by atoms with Crippen LogP contribution in [0.25, 0.3) is 0 Å². The fraction of sp³-hybridized carbons (Fsp3) is 0.800. The van der Waals surface area contributed by atoms with Gasteiger partial charge in [-0.05, 0) is 44.2 Å². The van der Waals surface area contributed by atoms with Gasteiger partial charge in [0.15, 0.2) is 0 Å². The molecule has 0 radical (unpaired) electrons. The molecule has 0 amide bonds. The Kier molecular flexibility index (Phi) is 4.44. The maximum Gasteiger partial charge on any atom is 0.0799 e. The van der Waals surface area contributed by atoms with Crippen LogP contribution in [0.1, 0.15) is 57.0 Å². The van der Waals surface area contributed by atoms with Gasteiger partial charge in [-0.1, -0.05) is 26.7 Å². The Balaban J connectivity index is 2.16. The van der Waals surface area contributed by atoms with E-state index in [0.717, 1.165) is 18.4 Å². The van der Waals surface area contributed by atoms with Crippen molar-refractivity contribution >= 4 is 0 Å². The van der Waals surface area contributed by atoms with Crippen LogP contribution in [0.2, 0.25) is 0 Å². The fourth-order valence-electron chi connectivity index (χ4n) is 3.26. The zero-order valence-electron chi connectivity index (χ0n) is 12.2. The summed E-state index contributed by atoms with van der Waals surface area (Å²) < 4.78 is 1.99. The van der Waals surface area contributed by atoms with Gasteiger partial charge in [0.1, 0.15) is 0 Å². The molecule has 0 spiro atoms. The molecule has 102 valence electrons. The van der Waals surface area contributed by atoms with Crippen LogP contribution in [0.5, 0.6) is 0 Å². The number of hydrogen-bond donors (Lipinski definition) is 1. The van der Waals surface area contributed by atoms with Gasteiger partial charge in [0.2, 0.25) is 0 Å². The average molecular weight is 249 g/mol. The largest absolute Gasteiger partial charge is 0.309 e. The Bertz CT molecular complexity index is 364. The molecule has 0 aliphatic heterocycles. The summed E-state index contributed by atoms with van der Waals surface area (Å²) in [5, 5.41) is 8.34. The summed E-state index contributed by atoms with van der Waals surface area (Å²) in [7, 11) is 2.03. The van der Waals surface area contributed by atoms with Crippen LogP contribution < -0.4 is 5.32 Å². The highest BCUT2D eigenvalue weighted by molar-refractivity contribution is 5.14. The van der Waals surface area contributed by atoms with Crippen LogP contribution in [0.15, 0.2) is 6.07 Å². The molecule has 1 fully saturated rings. The van der Waals surface area contributed by atoms with Gasteiger partial charge in [-0.2, -0.15) is 5.10 Å². The van der Waals surface area contributed by atoms with Gasteiger partial charge in [0.25, 0.3) is 0 Å². The Hall–Kier alpha value is -0.830. The van der Waals surface area contributed by atoms with Gasteiger partial charge in [-0.15, -0.1) is 0 Å². The highest BCUT2D eigenvalue weighted by Crippen LogP contribution is 2.36. The molecule has 0 bridgehead atoms. The van der Waals surface area contributed by atoms with E-state index in [1.807, 2.05) is 11.7 Å². The van der Waals surface area contributed by atoms with Gasteiger partial charge in [0.05, 0.1) is 11.7 Å². The predicted octanol–water partition coefficient (Wildman–Crippen LogP) is 3.21. The van der Waals surface area contributed by atoms with Crippen molar-refractivity contribution in [2.45, 2.75) is 52.5 Å². The van der Waals surface area contributed by atoms with Crippen molar-refractivity contribution in [1.82, 2.24) is 15.1 Å². The number of aromatic nitrogens is 2. The zero-order valence-corrected chi connectivity index (χ0v) is 12.2. The van der Waals surface area contributed by atoms with E-state index in [1.165, 1.54) is 37.1 Å². The normalized spacial score (nSPS) is 26.2. The zero-order chi connectivity index (χ0) is 13.1. The van der Waals surface area contributed by atoms with E-state index in [4.69, 9.17) is 0 Å². The highest BCUT2D eigenvalue weighted by atomic mass is 15.3. The van der Waals surface area contributed by atoms with Crippen molar-refractivity contribution in [3.8, 4) is 0 Å². The Morgan fingerprint density at radius 3 is 2.83 bits per heavy atom. The van der Waals surface area contributed by atoms with E-state index in [2.05, 4.69) is 37.3 Å². The number of hydrogen-bond acceptors (Lipinski definition) is 2. The lowest BCUT2D eigenvalue weighted by Gasteiger charge is -2.32. The second-order valence-corrected chi connectivity index (χ2v) is 5.90. The van der Waals surface area contributed by atoms with E-state index < -0.39 is 0 Å². The van der Waals surface area contributed by atoms with Crippen LogP contribution >= 0.6 is 0 Å². The van der Waals surface area contributed by atoms with Crippen LogP contribution in [0, 0.1) is 18.8 Å². The maximum atomic E-state index is 4.68. The molecule has 1 aliphatic carbocycles. The Morgan fingerprint density at radius 2 is 2.28 bits per heavy atom. The molecule has 3 nitrogen and oxygen atoms in total. The first kappa shape index (κ1) is 13.6. The van der Waals surface area contributed by atoms with Crippen LogP contribution in [0.3, 0.4) is 0 Å². The summed E-state index contributed by atoms with van der Waals surface area (Å²) in [6, 6.07) is 2.68. The average Bonchev–Trinajstić information content (AvgIpc) is 2.66. The van der Waals surface area contributed by atoms with Gasteiger partial charge >= 0.3 is 0 Å². The second-order valence-electron chi connectivity index (χ2n) is 5.90. The Labute approximate surface area is 111 Å². The molecule has 2 rings (SSSR count). The Morgan fingerprint density at radius 1 is 1.50 bits per heavy atom. The summed E-state index contributed by atoms with van der Waals surface area (Å²) in [5.74, 6) is 1.62. The highest BCUT2D eigenvalue weighted by Gasteiger charge is 2.28. The minimum atomic E-state index is 0.442. The molecule has 1 aromatic rings. The van der Waals surface area contributed by atoms with E-state index in [9.17, 15) is 0 Å². The molecule has 0 aromatic carbocycles. The predicted molar refractivity (Wildman–Crippen MR) is 75.5 cm³/mol. The molecule has 1 saturated carbocycles. The number of aryl methyl sites for hydroxylation is 2. The van der Waals surface area contributed by atoms with E-state index in [0.29, 0.717) is 6.04 Å². The molecule has 0 saturated heterocycles. The molecular formula is C15H27N3. The summed E-state index contributed by atoms with van der Waals surface area (Å²) >= 11 is 0. The third-order valence-corrected chi connectivity index (χ3v) is 4.32. The maximum absolute atomic E-state index is 4.68. The van der Waals surface area contributed by atoms with Crippen molar-refractivity contribution in [3.05, 3.63) is 17.5 Å². The number of rotatable bonds is 4. The van der Waals surface area contributed by atoms with Crippen LogP contribution in [-0.4, -0.2) is 16.3 Å². The second kappa shape index (κ2) is 5.87. The SMILES string of the molecule is CCNC(c1cc(C)n(C)n1)C1CCCC(C)C1. The topological polar surface area (TPSA) is 29.9 Å². The van der Waals surface area contributed by atoms with E-state index in [-0.39, 0.29) is 0 Å². The first-order valence-corrected chi connectivity index (χ1v) is 7.35. The fourth-order valence-corrected chi connectivity index (χ4v) is 3.26. The number of nitrogens with zero attached hydrogens (tertiary/aromatic N) is 2. The molecule has 3 atom stereocenters. The molecule has 1 N–H and O–H groups in total. The van der Waals surface area contributed by atoms with Gasteiger partial charge in [-0.25, -0.2) is 0 Å². The van der Waals surface area contributed by atoms with Crippen LogP contribution in [-0.2, 0) is 7.05 Å². The molecule has 1 aromatic heterocycles. The molecule has 3 unspecified atom stereocenters. The van der Waals surface area contributed by atoms with Gasteiger partial charge in [-0.3, -0.25) is 4.68 Å². The smallest absolute Gasteiger partial charge is 0.0799 e. The van der Waals surface area contributed by atoms with Crippen molar-refractivity contribution in [2.24, 2.45) is 18.9 Å². The minimum Gasteiger partial charge on any atom is -0.309 e. The van der Waals surface area contributed by atoms with Crippen LogP contribution in [0.4, 0.5) is 0 Å². The monoisotopic (exact) mass is 249 g/mol. The standard InChI is InChI=1S/C15H27N3/c1-5-16-15(13-8-6-7-11(2)9-13)14-10-12(3)18(4)17-14/h10-11,13,15-16H,5-9H2,1-4H3. The lowest BCUT2D eigenvalue weighted by atomic mass is 9.77. The number of nitrogens with one attached hydrogen (secondary N) is 1. The molecule has 1 heterocycles. The van der Waals surface area contributed by atoms with E-state index in [1.54, 1.807) is 0 Å². The van der Waals surface area contributed by atoms with Gasteiger partial charge in [0, 0.05) is 12.7 Å². The summed E-state index contributed by atoms with van der Waals surface area (Å²) in [6.07, 6.45) is 5.46. The molecular weight excluding hydrogens is 222 g/mol. The summed E-state index contributed by atoms with van der Waals surface area (Å²) in [4.78, 5) is 0. The molecule has 18 heavy (non-hydrogen) atoms. The van der Waals surface area contributed by atoms with Crippen molar-refractivity contribution in [1.29, 1.82) is 0 Å². The van der Waals surface area contributed by atoms with Gasteiger partial charge < -0.3 is 5.32 Å². The third kappa shape index (κ3) is 2.94. The summed E-state index contributed by atoms with van der Waals surface area (Å²) in [5.41, 5.74) is 2.48. The first-order valence-electron chi connectivity index (χ1n) is 7.35. The third-order valence-electron chi connectivity index (χ3n) is 4.32. The first-order chi connectivity index (χ1) is 8.61. The molecule has 3 heteroatoms. The summed E-state index contributed by atoms with van der Waals surface area (Å²) in [6.45, 7) is 7.72. The van der Waals surface area contributed by atoms with Crippen molar-refractivity contribution in [3.63, 3.8) is 0 Å². The minimum absolute atomic E-state index is 0.442. The quantitative estimate of drug-likeness (QED) is 0.888. The van der Waals surface area contributed by atoms with Crippen molar-refractivity contribution in [2.75, 3.05) is 6.54 Å². The lowest BCUT2D eigenvalue weighted by molar-refractivity contribution is 0.222. The lowest BCUT2D eigenvalue weighted by Crippen LogP contribution is -2.31. The van der Waals surface area contributed by atoms with Crippen molar-refractivity contribution < 1.29 is 0 Å². The molecule has 1 aliphatic rings. The van der Waals surface area contributed by atoms with E-state index >= 15 is 0 Å².